The summed E-state index contributed by atoms with van der Waals surface area (Å²) >= 11 is 0. The van der Waals surface area contributed by atoms with Crippen LogP contribution in [0.4, 0.5) is 15.8 Å². The second kappa shape index (κ2) is 10.9. The molecule has 0 spiro atoms. The molecular weight excluding hydrogens is 433 g/mol. The van der Waals surface area contributed by atoms with Gasteiger partial charge in [-0.1, -0.05) is 35.9 Å². The van der Waals surface area contributed by atoms with Gasteiger partial charge in [-0.25, -0.2) is 4.39 Å². The number of aryl methyl sites for hydroxylation is 1. The van der Waals surface area contributed by atoms with Crippen molar-refractivity contribution >= 4 is 23.2 Å². The van der Waals surface area contributed by atoms with Gasteiger partial charge in [0, 0.05) is 50.8 Å². The third kappa shape index (κ3) is 5.77. The van der Waals surface area contributed by atoms with Crippen LogP contribution in [-0.4, -0.2) is 54.4 Å². The summed E-state index contributed by atoms with van der Waals surface area (Å²) in [5, 5.41) is 5.39. The van der Waals surface area contributed by atoms with Crippen molar-refractivity contribution < 1.29 is 14.0 Å². The minimum Gasteiger partial charge on any atom is -0.367 e. The van der Waals surface area contributed by atoms with Crippen molar-refractivity contribution in [2.75, 3.05) is 42.9 Å². The Morgan fingerprint density at radius 3 is 2.38 bits per heavy atom. The minimum absolute atomic E-state index is 0.160. The standard InChI is InChI=1S/C26H28FN5O2/c1-19-8-10-21(11-9-19)30-26(34)25(33)29-18-24(20-5-4-12-28-17-20)32-15-13-31(14-16-32)23-7-3-2-6-22(23)27/h2-12,17,24H,13-16,18H2,1H3,(H,29,33)(H,30,34)/t24-/m0/s1. The molecule has 0 aliphatic carbocycles. The second-order valence-corrected chi connectivity index (χ2v) is 8.31. The number of aromatic nitrogens is 1. The highest BCUT2D eigenvalue weighted by atomic mass is 19.1. The first-order valence-corrected chi connectivity index (χ1v) is 11.3. The van der Waals surface area contributed by atoms with Gasteiger partial charge in [0.2, 0.25) is 0 Å². The molecule has 1 aromatic heterocycles. The second-order valence-electron chi connectivity index (χ2n) is 8.31. The van der Waals surface area contributed by atoms with Crippen LogP contribution >= 0.6 is 0 Å². The summed E-state index contributed by atoms with van der Waals surface area (Å²) < 4.78 is 14.2. The first-order valence-electron chi connectivity index (χ1n) is 11.3. The minimum atomic E-state index is -0.710. The van der Waals surface area contributed by atoms with Crippen LogP contribution < -0.4 is 15.5 Å². The number of benzene rings is 2. The van der Waals surface area contributed by atoms with Gasteiger partial charge in [0.25, 0.3) is 0 Å². The van der Waals surface area contributed by atoms with Gasteiger partial charge in [0.15, 0.2) is 0 Å². The van der Waals surface area contributed by atoms with E-state index in [2.05, 4.69) is 20.5 Å². The molecule has 4 rings (SSSR count). The molecule has 0 unspecified atom stereocenters. The number of hydrogen-bond donors (Lipinski definition) is 2. The van der Waals surface area contributed by atoms with Crippen LogP contribution in [-0.2, 0) is 9.59 Å². The van der Waals surface area contributed by atoms with Crippen LogP contribution in [0.5, 0.6) is 0 Å². The molecule has 2 aromatic carbocycles. The fourth-order valence-electron chi connectivity index (χ4n) is 4.11. The summed E-state index contributed by atoms with van der Waals surface area (Å²) in [7, 11) is 0. The van der Waals surface area contributed by atoms with Gasteiger partial charge in [-0.2, -0.15) is 0 Å². The first-order chi connectivity index (χ1) is 16.5. The fraction of sp³-hybridized carbons (Fsp3) is 0.269. The van der Waals surface area contributed by atoms with Crippen LogP contribution in [0, 0.1) is 12.7 Å². The lowest BCUT2D eigenvalue weighted by molar-refractivity contribution is -0.136. The summed E-state index contributed by atoms with van der Waals surface area (Å²) in [5.41, 5.74) is 3.18. The molecule has 2 amide bonds. The van der Waals surface area contributed by atoms with Crippen LogP contribution in [0.3, 0.4) is 0 Å². The van der Waals surface area contributed by atoms with E-state index in [4.69, 9.17) is 0 Å². The van der Waals surface area contributed by atoms with E-state index < -0.39 is 11.8 Å². The van der Waals surface area contributed by atoms with Gasteiger partial charge in [-0.15, -0.1) is 0 Å². The number of pyridine rings is 1. The summed E-state index contributed by atoms with van der Waals surface area (Å²) in [4.78, 5) is 33.3. The van der Waals surface area contributed by atoms with Gasteiger partial charge in [0.1, 0.15) is 5.82 Å². The maximum atomic E-state index is 14.2. The predicted molar refractivity (Wildman–Crippen MR) is 130 cm³/mol. The molecule has 1 aliphatic rings. The molecule has 2 N–H and O–H groups in total. The Balaban J connectivity index is 1.39. The summed E-state index contributed by atoms with van der Waals surface area (Å²) in [6.07, 6.45) is 3.47. The van der Waals surface area contributed by atoms with Crippen molar-refractivity contribution in [2.45, 2.75) is 13.0 Å². The molecule has 176 valence electrons. The Morgan fingerprint density at radius 1 is 0.971 bits per heavy atom. The highest BCUT2D eigenvalue weighted by Crippen LogP contribution is 2.25. The highest BCUT2D eigenvalue weighted by molar-refractivity contribution is 6.39. The Kier molecular flexibility index (Phi) is 7.49. The number of piperazine rings is 1. The highest BCUT2D eigenvalue weighted by Gasteiger charge is 2.27. The third-order valence-corrected chi connectivity index (χ3v) is 5.99. The molecule has 3 aromatic rings. The van der Waals surface area contributed by atoms with Gasteiger partial charge in [0.05, 0.1) is 11.7 Å². The Hall–Kier alpha value is -3.78. The average molecular weight is 462 g/mol. The molecule has 7 nitrogen and oxygen atoms in total. The van der Waals surface area contributed by atoms with E-state index >= 15 is 0 Å². The van der Waals surface area contributed by atoms with Gasteiger partial charge in [-0.3, -0.25) is 19.5 Å². The summed E-state index contributed by atoms with van der Waals surface area (Å²) in [6.45, 7) is 4.87. The SMILES string of the molecule is Cc1ccc(NC(=O)C(=O)NC[C@@H](c2cccnc2)N2CCN(c3ccccc3F)CC2)cc1. The zero-order chi connectivity index (χ0) is 23.9. The van der Waals surface area contributed by atoms with Crippen LogP contribution in [0.2, 0.25) is 0 Å². The number of carbonyl (C=O) groups excluding carboxylic acids is 2. The Morgan fingerprint density at radius 2 is 1.71 bits per heavy atom. The fourth-order valence-corrected chi connectivity index (χ4v) is 4.11. The number of halogens is 1. The van der Waals surface area contributed by atoms with Gasteiger partial charge in [-0.05, 0) is 42.8 Å². The molecule has 0 bridgehead atoms. The molecule has 2 heterocycles. The molecule has 1 fully saturated rings. The maximum Gasteiger partial charge on any atom is 0.313 e. The lowest BCUT2D eigenvalue weighted by Gasteiger charge is -2.40. The number of carbonyl (C=O) groups is 2. The summed E-state index contributed by atoms with van der Waals surface area (Å²) in [6, 6.07) is 17.7. The first kappa shape index (κ1) is 23.4. The largest absolute Gasteiger partial charge is 0.367 e. The third-order valence-electron chi connectivity index (χ3n) is 5.99. The number of para-hydroxylation sites is 1. The number of nitrogens with one attached hydrogen (secondary N) is 2. The molecule has 1 atom stereocenters. The normalized spacial score (nSPS) is 14.9. The molecule has 0 saturated carbocycles. The van der Waals surface area contributed by atoms with Crippen molar-refractivity contribution in [2.24, 2.45) is 0 Å². The molecule has 1 saturated heterocycles. The van der Waals surface area contributed by atoms with Crippen LogP contribution in [0.1, 0.15) is 17.2 Å². The van der Waals surface area contributed by atoms with Crippen molar-refractivity contribution in [3.05, 3.63) is 90.0 Å². The van der Waals surface area contributed by atoms with E-state index in [1.807, 2.05) is 42.2 Å². The lowest BCUT2D eigenvalue weighted by atomic mass is 10.1. The van der Waals surface area contributed by atoms with Crippen LogP contribution in [0.25, 0.3) is 0 Å². The van der Waals surface area contributed by atoms with Crippen molar-refractivity contribution in [3.8, 4) is 0 Å². The quantitative estimate of drug-likeness (QED) is 0.552. The Bertz CT molecular complexity index is 1120. The number of nitrogens with zero attached hydrogens (tertiary/aromatic N) is 3. The van der Waals surface area contributed by atoms with Gasteiger partial charge >= 0.3 is 11.8 Å². The van der Waals surface area contributed by atoms with Gasteiger partial charge < -0.3 is 15.5 Å². The van der Waals surface area contributed by atoms with E-state index in [0.717, 1.165) is 11.1 Å². The maximum absolute atomic E-state index is 14.2. The molecule has 8 heteroatoms. The van der Waals surface area contributed by atoms with Crippen LogP contribution in [0.15, 0.2) is 73.1 Å². The Labute approximate surface area is 198 Å². The molecule has 34 heavy (non-hydrogen) atoms. The van der Waals surface area contributed by atoms with Crippen molar-refractivity contribution in [1.82, 2.24) is 15.2 Å². The number of hydrogen-bond acceptors (Lipinski definition) is 5. The zero-order valence-corrected chi connectivity index (χ0v) is 19.1. The monoisotopic (exact) mass is 461 g/mol. The molecule has 0 radical (unpaired) electrons. The van der Waals surface area contributed by atoms with Crippen molar-refractivity contribution in [1.29, 1.82) is 0 Å². The zero-order valence-electron chi connectivity index (χ0n) is 19.1. The van der Waals surface area contributed by atoms with E-state index in [9.17, 15) is 14.0 Å². The van der Waals surface area contributed by atoms with E-state index in [1.54, 1.807) is 36.7 Å². The average Bonchev–Trinajstić information content (AvgIpc) is 2.87. The van der Waals surface area contributed by atoms with Crippen molar-refractivity contribution in [3.63, 3.8) is 0 Å². The number of anilines is 2. The molecular formula is C26H28FN5O2. The molecule has 1 aliphatic heterocycles. The van der Waals surface area contributed by atoms with E-state index in [1.165, 1.54) is 6.07 Å². The summed E-state index contributed by atoms with van der Waals surface area (Å²) in [5.74, 6) is -1.63. The van der Waals surface area contributed by atoms with E-state index in [0.29, 0.717) is 37.6 Å². The predicted octanol–water partition coefficient (Wildman–Crippen LogP) is 3.15. The smallest absolute Gasteiger partial charge is 0.313 e. The number of amides is 2. The topological polar surface area (TPSA) is 77.6 Å². The lowest BCUT2D eigenvalue weighted by Crippen LogP contribution is -2.50. The van der Waals surface area contributed by atoms with E-state index in [-0.39, 0.29) is 18.4 Å². The number of rotatable bonds is 6.